The average Bonchev–Trinajstić information content (AvgIpc) is 3.13. The van der Waals surface area contributed by atoms with Crippen LogP contribution in [0, 0.1) is 22.9 Å². The van der Waals surface area contributed by atoms with Gasteiger partial charge < -0.3 is 10.5 Å². The lowest BCUT2D eigenvalue weighted by Gasteiger charge is -2.03. The van der Waals surface area contributed by atoms with Crippen molar-refractivity contribution < 1.29 is 23.6 Å². The number of ketones is 1. The molecule has 0 aliphatic rings. The Balaban J connectivity index is 0.000000253. The first-order chi connectivity index (χ1) is 13.7. The van der Waals surface area contributed by atoms with E-state index in [9.17, 15) is 24.1 Å². The highest BCUT2D eigenvalue weighted by Gasteiger charge is 2.23. The second-order valence-electron chi connectivity index (χ2n) is 5.88. The highest BCUT2D eigenvalue weighted by Crippen LogP contribution is 2.19. The first kappa shape index (κ1) is 21.6. The summed E-state index contributed by atoms with van der Waals surface area (Å²) in [4.78, 5) is 36.9. The van der Waals surface area contributed by atoms with Gasteiger partial charge in [-0.05, 0) is 24.1 Å². The van der Waals surface area contributed by atoms with Gasteiger partial charge in [0.15, 0.2) is 11.5 Å². The molecule has 0 radical (unpaired) electrons. The number of carbonyl (C=O) groups is 2. The number of hydrogen-bond acceptors (Lipinski definition) is 8. The summed E-state index contributed by atoms with van der Waals surface area (Å²) in [6, 6.07) is 6.08. The molecule has 1 aromatic carbocycles. The second-order valence-corrected chi connectivity index (χ2v) is 5.88. The molecule has 2 N–H and O–H groups in total. The molecule has 11 heteroatoms. The van der Waals surface area contributed by atoms with Crippen molar-refractivity contribution in [3.63, 3.8) is 0 Å². The largest absolute Gasteiger partial charge is 0.464 e. The molecule has 3 aromatic rings. The number of Topliss-reactive ketones (excluding diaryl/α,β-unsaturated/α-hetero) is 1. The minimum atomic E-state index is -0.791. The van der Waals surface area contributed by atoms with Crippen LogP contribution in [0.1, 0.15) is 39.0 Å². The van der Waals surface area contributed by atoms with Crippen molar-refractivity contribution in [3.8, 4) is 0 Å². The van der Waals surface area contributed by atoms with Crippen molar-refractivity contribution in [2.75, 3.05) is 7.11 Å². The maximum absolute atomic E-state index is 12.6. The van der Waals surface area contributed by atoms with Crippen LogP contribution in [0.15, 0.2) is 30.5 Å². The van der Waals surface area contributed by atoms with E-state index in [1.165, 1.54) is 19.1 Å². The molecule has 0 bridgehead atoms. The summed E-state index contributed by atoms with van der Waals surface area (Å²) in [5, 5.41) is 14.5. The van der Waals surface area contributed by atoms with E-state index in [2.05, 4.69) is 14.8 Å². The van der Waals surface area contributed by atoms with Crippen LogP contribution in [0.3, 0.4) is 0 Å². The normalized spacial score (nSPS) is 10.2. The van der Waals surface area contributed by atoms with Crippen LogP contribution in [0.4, 0.5) is 10.1 Å². The molecule has 29 heavy (non-hydrogen) atoms. The number of carbonyl (C=O) groups excluding carboxylic acids is 2. The minimum absolute atomic E-state index is 0.0125. The van der Waals surface area contributed by atoms with Crippen LogP contribution in [0.5, 0.6) is 0 Å². The summed E-state index contributed by atoms with van der Waals surface area (Å²) in [6.07, 6.45) is 0.968. The Morgan fingerprint density at radius 1 is 1.34 bits per heavy atom. The van der Waals surface area contributed by atoms with Crippen LogP contribution in [-0.4, -0.2) is 38.4 Å². The highest BCUT2D eigenvalue weighted by atomic mass is 19.1. The standard InChI is InChI=1S/C10H8N4O5.C8H10FN/c1-5(15)7-3-6(10(16)19-2)12-9-8(14(17)18)4-11-13(7)9;1-6-4-7(5-10)2-3-8(6)9/h3-4H,1-2H3;2-4H,5,10H2,1H3. The molecular formula is C18H18FN5O5. The van der Waals surface area contributed by atoms with E-state index in [0.29, 0.717) is 12.1 Å². The summed E-state index contributed by atoms with van der Waals surface area (Å²) in [6.45, 7) is 3.46. The third-order valence-electron chi connectivity index (χ3n) is 3.86. The number of aromatic nitrogens is 3. The Morgan fingerprint density at radius 2 is 2.03 bits per heavy atom. The zero-order valence-electron chi connectivity index (χ0n) is 15.9. The number of halogens is 1. The van der Waals surface area contributed by atoms with Crippen molar-refractivity contribution in [3.05, 3.63) is 68.9 Å². The molecule has 152 valence electrons. The van der Waals surface area contributed by atoms with E-state index in [1.54, 1.807) is 19.1 Å². The molecule has 3 rings (SSSR count). The van der Waals surface area contributed by atoms with Gasteiger partial charge in [-0.2, -0.15) is 5.10 Å². The number of ether oxygens (including phenoxy) is 1. The van der Waals surface area contributed by atoms with Gasteiger partial charge >= 0.3 is 11.7 Å². The lowest BCUT2D eigenvalue weighted by molar-refractivity contribution is -0.383. The SMILES string of the molecule is COC(=O)c1cc(C(C)=O)n2ncc([N+](=O)[O-])c2n1.Cc1cc(CN)ccc1F. The zero-order valence-corrected chi connectivity index (χ0v) is 15.9. The van der Waals surface area contributed by atoms with Crippen LogP contribution in [0.2, 0.25) is 0 Å². The molecule has 2 aromatic heterocycles. The number of benzene rings is 1. The number of fused-ring (bicyclic) bond motifs is 1. The summed E-state index contributed by atoms with van der Waals surface area (Å²) >= 11 is 0. The van der Waals surface area contributed by atoms with Crippen molar-refractivity contribution in [2.45, 2.75) is 20.4 Å². The Bertz CT molecular complexity index is 1100. The number of hydrogen-bond donors (Lipinski definition) is 1. The first-order valence-electron chi connectivity index (χ1n) is 8.27. The van der Waals surface area contributed by atoms with Gasteiger partial charge in [0.25, 0.3) is 0 Å². The van der Waals surface area contributed by atoms with E-state index >= 15 is 0 Å². The van der Waals surface area contributed by atoms with E-state index in [1.807, 2.05) is 0 Å². The number of aryl methyl sites for hydroxylation is 1. The van der Waals surface area contributed by atoms with E-state index in [4.69, 9.17) is 5.73 Å². The Kier molecular flexibility index (Phi) is 6.67. The smallest absolute Gasteiger partial charge is 0.356 e. The van der Waals surface area contributed by atoms with E-state index in [-0.39, 0.29) is 22.9 Å². The van der Waals surface area contributed by atoms with Gasteiger partial charge in [0.1, 0.15) is 17.7 Å². The van der Waals surface area contributed by atoms with Crippen molar-refractivity contribution in [1.29, 1.82) is 0 Å². The fraction of sp³-hybridized carbons (Fsp3) is 0.222. The third-order valence-corrected chi connectivity index (χ3v) is 3.86. The molecule has 0 saturated heterocycles. The fourth-order valence-electron chi connectivity index (χ4n) is 2.37. The number of nitrogens with zero attached hydrogens (tertiary/aromatic N) is 4. The quantitative estimate of drug-likeness (QED) is 0.302. The molecule has 0 aliphatic heterocycles. The Labute approximate surface area is 164 Å². The van der Waals surface area contributed by atoms with Crippen molar-refractivity contribution in [1.82, 2.24) is 14.6 Å². The van der Waals surface area contributed by atoms with Gasteiger partial charge in [-0.1, -0.05) is 12.1 Å². The summed E-state index contributed by atoms with van der Waals surface area (Å²) in [7, 11) is 1.15. The lowest BCUT2D eigenvalue weighted by Crippen LogP contribution is -2.12. The zero-order chi connectivity index (χ0) is 21.7. The number of nitro groups is 1. The molecule has 0 spiro atoms. The third kappa shape index (κ3) is 4.76. The molecule has 0 unspecified atom stereocenters. The fourth-order valence-corrected chi connectivity index (χ4v) is 2.37. The van der Waals surface area contributed by atoms with Crippen LogP contribution in [-0.2, 0) is 11.3 Å². The lowest BCUT2D eigenvalue weighted by atomic mass is 10.1. The summed E-state index contributed by atoms with van der Waals surface area (Å²) in [5.74, 6) is -1.37. The molecule has 0 atom stereocenters. The van der Waals surface area contributed by atoms with Gasteiger partial charge in [-0.3, -0.25) is 14.9 Å². The predicted molar refractivity (Wildman–Crippen MR) is 100 cm³/mol. The second kappa shape index (κ2) is 8.97. The molecule has 10 nitrogen and oxygen atoms in total. The van der Waals surface area contributed by atoms with Crippen LogP contribution >= 0.6 is 0 Å². The maximum Gasteiger partial charge on any atom is 0.356 e. The van der Waals surface area contributed by atoms with E-state index in [0.717, 1.165) is 23.4 Å². The predicted octanol–water partition coefficient (Wildman–Crippen LogP) is 2.22. The van der Waals surface area contributed by atoms with E-state index < -0.39 is 22.4 Å². The average molecular weight is 403 g/mol. The minimum Gasteiger partial charge on any atom is -0.464 e. The first-order valence-corrected chi connectivity index (χ1v) is 8.27. The molecule has 2 heterocycles. The summed E-state index contributed by atoms with van der Waals surface area (Å²) < 4.78 is 18.1. The molecule has 0 saturated carbocycles. The van der Waals surface area contributed by atoms with Gasteiger partial charge in [0.05, 0.1) is 12.0 Å². The number of esters is 1. The molecule has 0 amide bonds. The number of nitrogens with two attached hydrogens (primary N) is 1. The van der Waals surface area contributed by atoms with Crippen LogP contribution in [0.25, 0.3) is 5.65 Å². The van der Waals surface area contributed by atoms with Gasteiger partial charge in [0, 0.05) is 19.5 Å². The van der Waals surface area contributed by atoms with Gasteiger partial charge in [-0.15, -0.1) is 0 Å². The van der Waals surface area contributed by atoms with Crippen molar-refractivity contribution in [2.24, 2.45) is 5.73 Å². The molecular weight excluding hydrogens is 385 g/mol. The maximum atomic E-state index is 12.6. The monoisotopic (exact) mass is 403 g/mol. The molecule has 0 aliphatic carbocycles. The highest BCUT2D eigenvalue weighted by molar-refractivity contribution is 5.96. The van der Waals surface area contributed by atoms with Gasteiger partial charge in [-0.25, -0.2) is 18.7 Å². The summed E-state index contributed by atoms with van der Waals surface area (Å²) in [5.41, 5.74) is 6.22. The topological polar surface area (TPSA) is 143 Å². The number of methoxy groups -OCH3 is 1. The Morgan fingerprint density at radius 3 is 2.55 bits per heavy atom. The molecule has 0 fully saturated rings. The number of rotatable bonds is 4. The van der Waals surface area contributed by atoms with Gasteiger partial charge in [0.2, 0.25) is 5.65 Å². The Hall–Kier alpha value is -3.73. The van der Waals surface area contributed by atoms with Crippen molar-refractivity contribution >= 4 is 23.1 Å². The van der Waals surface area contributed by atoms with Crippen LogP contribution < -0.4 is 5.73 Å².